The minimum Gasteiger partial charge on any atom is -0.352 e. The van der Waals surface area contributed by atoms with Crippen molar-refractivity contribution in [3.8, 4) is 0 Å². The Labute approximate surface area is 213 Å². The molecule has 1 unspecified atom stereocenters. The molecule has 4 atom stereocenters. The van der Waals surface area contributed by atoms with Gasteiger partial charge in [0.15, 0.2) is 5.12 Å². The number of rotatable bonds is 10. The first-order valence-corrected chi connectivity index (χ1v) is 13.9. The third-order valence-electron chi connectivity index (χ3n) is 4.93. The summed E-state index contributed by atoms with van der Waals surface area (Å²) in [6.07, 6.45) is -0.144. The maximum absolute atomic E-state index is 13.5. The predicted octanol–water partition coefficient (Wildman–Crippen LogP) is 3.65. The molecule has 0 bridgehead atoms. The van der Waals surface area contributed by atoms with Gasteiger partial charge in [0.05, 0.1) is 25.4 Å². The highest BCUT2D eigenvalue weighted by molar-refractivity contribution is 8.13. The van der Waals surface area contributed by atoms with Gasteiger partial charge in [0.25, 0.3) is 5.56 Å². The van der Waals surface area contributed by atoms with Crippen LogP contribution in [-0.4, -0.2) is 51.3 Å². The van der Waals surface area contributed by atoms with Gasteiger partial charge in [0.1, 0.15) is 6.23 Å². The molecule has 1 saturated heterocycles. The number of hydrogen-bond acceptors (Lipinski definition) is 9. The predicted molar refractivity (Wildman–Crippen MR) is 137 cm³/mol. The van der Waals surface area contributed by atoms with Crippen LogP contribution in [0.15, 0.2) is 20.9 Å². The van der Waals surface area contributed by atoms with E-state index in [2.05, 4.69) is 20.1 Å². The minimum atomic E-state index is -3.86. The second-order valence-electron chi connectivity index (χ2n) is 10.5. The van der Waals surface area contributed by atoms with E-state index in [0.717, 1.165) is 11.8 Å². The molecule has 2 heterocycles. The van der Waals surface area contributed by atoms with E-state index in [0.29, 0.717) is 5.56 Å². The molecule has 2 rings (SSSR count). The van der Waals surface area contributed by atoms with Crippen LogP contribution < -0.4 is 16.3 Å². The van der Waals surface area contributed by atoms with Gasteiger partial charge in [-0.1, -0.05) is 37.6 Å². The number of nitrogens with one attached hydrogen (secondary N) is 2. The maximum atomic E-state index is 13.5. The zero-order valence-electron chi connectivity index (χ0n) is 21.6. The Morgan fingerprint density at radius 2 is 2.00 bits per heavy atom. The van der Waals surface area contributed by atoms with Crippen molar-refractivity contribution in [2.24, 2.45) is 10.5 Å². The average Bonchev–Trinajstić information content (AvgIpc) is 3.13. The van der Waals surface area contributed by atoms with Crippen molar-refractivity contribution < 1.29 is 23.1 Å². The monoisotopic (exact) mass is 546 g/mol. The Morgan fingerprint density at radius 1 is 1.33 bits per heavy atom. The molecule has 0 aromatic carbocycles. The highest BCUT2D eigenvalue weighted by Crippen LogP contribution is 2.47. The zero-order valence-corrected chi connectivity index (χ0v) is 23.4. The Morgan fingerprint density at radius 3 is 2.58 bits per heavy atom. The number of thioether (sulfide) groups is 1. The highest BCUT2D eigenvalue weighted by atomic mass is 32.2. The first kappa shape index (κ1) is 30.3. The highest BCUT2D eigenvalue weighted by Gasteiger charge is 2.39. The number of nitrogens with zero attached hydrogens (tertiary/aromatic N) is 4. The Bertz CT molecular complexity index is 1150. The number of azide groups is 1. The van der Waals surface area contributed by atoms with E-state index in [1.54, 1.807) is 27.7 Å². The molecule has 202 valence electrons. The van der Waals surface area contributed by atoms with Crippen molar-refractivity contribution in [3.63, 3.8) is 0 Å². The first-order valence-electron chi connectivity index (χ1n) is 11.4. The third kappa shape index (κ3) is 8.88. The number of ether oxygens (including phenoxy) is 1. The number of hydrogen-bond donors (Lipinski definition) is 2. The van der Waals surface area contributed by atoms with Gasteiger partial charge < -0.3 is 4.74 Å². The summed E-state index contributed by atoms with van der Waals surface area (Å²) in [6.45, 7) is 12.1. The lowest BCUT2D eigenvalue weighted by molar-refractivity contribution is -0.117. The standard InChI is InChI=1S/C21H35N6O7PS/c1-13-11-27(19(30)23-17(13)28)16-10-14(24-26-22)15(34-16)12-33-35(31,25-21(5,6)7)32-8-9-36-18(29)20(2,3)4/h11,14-16H,8-10,12H2,1-7H3,(H,25,31)(H,23,28,30)/t14-,15+,16+,35?/m0/s1. The van der Waals surface area contributed by atoms with Crippen molar-refractivity contribution >= 4 is 24.6 Å². The summed E-state index contributed by atoms with van der Waals surface area (Å²) < 4.78 is 31.8. The van der Waals surface area contributed by atoms with Crippen molar-refractivity contribution in [2.75, 3.05) is 19.0 Å². The van der Waals surface area contributed by atoms with Gasteiger partial charge in [0.2, 0.25) is 0 Å². The fourth-order valence-corrected chi connectivity index (χ4v) is 5.82. The fourth-order valence-electron chi connectivity index (χ4n) is 3.22. The fraction of sp³-hybridized carbons (Fsp3) is 0.762. The Hall–Kier alpha value is -1.92. The van der Waals surface area contributed by atoms with E-state index in [-0.39, 0.29) is 30.5 Å². The average molecular weight is 547 g/mol. The molecular weight excluding hydrogens is 511 g/mol. The summed E-state index contributed by atoms with van der Waals surface area (Å²) >= 11 is 1.09. The number of aromatic nitrogens is 2. The summed E-state index contributed by atoms with van der Waals surface area (Å²) in [5.41, 5.74) is 6.99. The molecule has 13 nitrogen and oxygen atoms in total. The molecule has 1 aromatic rings. The van der Waals surface area contributed by atoms with Gasteiger partial charge in [-0.05, 0) is 33.2 Å². The minimum absolute atomic E-state index is 0.00712. The van der Waals surface area contributed by atoms with Gasteiger partial charge >= 0.3 is 13.4 Å². The SMILES string of the molecule is Cc1cn([C@H]2C[C@H](N=[N+]=[N-])[C@@H](COP(=O)(NC(C)(C)C)OCCSC(=O)C(C)(C)C)O2)c(=O)[nH]c1=O. The van der Waals surface area contributed by atoms with Gasteiger partial charge in [-0.15, -0.1) is 0 Å². The number of aromatic amines is 1. The summed E-state index contributed by atoms with van der Waals surface area (Å²) in [6, 6.07) is -0.720. The number of aryl methyl sites for hydroxylation is 1. The topological polar surface area (TPSA) is 177 Å². The smallest absolute Gasteiger partial charge is 0.352 e. The van der Waals surface area contributed by atoms with E-state index in [9.17, 15) is 18.9 Å². The normalized spacial score (nSPS) is 22.1. The van der Waals surface area contributed by atoms with Crippen molar-refractivity contribution in [3.05, 3.63) is 43.0 Å². The van der Waals surface area contributed by atoms with Gasteiger partial charge in [-0.2, -0.15) is 0 Å². The molecule has 0 amide bonds. The van der Waals surface area contributed by atoms with E-state index < -0.39 is 48.3 Å². The van der Waals surface area contributed by atoms with Crippen LogP contribution >= 0.6 is 19.5 Å². The van der Waals surface area contributed by atoms with Crippen LogP contribution in [0.1, 0.15) is 59.8 Å². The van der Waals surface area contributed by atoms with Crippen molar-refractivity contribution in [2.45, 2.75) is 78.8 Å². The summed E-state index contributed by atoms with van der Waals surface area (Å²) in [5, 5.41) is 6.58. The van der Waals surface area contributed by atoms with Crippen LogP contribution in [0.25, 0.3) is 10.4 Å². The van der Waals surface area contributed by atoms with Crippen LogP contribution in [-0.2, 0) is 23.1 Å². The lowest BCUT2D eigenvalue weighted by atomic mass is 10.00. The van der Waals surface area contributed by atoms with Gasteiger partial charge in [-0.25, -0.2) is 14.4 Å². The molecule has 0 saturated carbocycles. The molecule has 36 heavy (non-hydrogen) atoms. The second-order valence-corrected chi connectivity index (χ2v) is 13.3. The maximum Gasteiger partial charge on any atom is 0.406 e. The zero-order chi connectivity index (χ0) is 27.3. The van der Waals surface area contributed by atoms with Crippen LogP contribution in [0.3, 0.4) is 0 Å². The van der Waals surface area contributed by atoms with Gasteiger partial charge in [0, 0.05) is 39.8 Å². The van der Waals surface area contributed by atoms with E-state index in [1.165, 1.54) is 10.8 Å². The molecule has 0 aliphatic carbocycles. The number of H-pyrrole nitrogens is 1. The lowest BCUT2D eigenvalue weighted by Crippen LogP contribution is -2.36. The van der Waals surface area contributed by atoms with Crippen molar-refractivity contribution in [1.82, 2.24) is 14.6 Å². The molecule has 1 aliphatic rings. The molecular formula is C21H35N6O7PS. The summed E-state index contributed by atoms with van der Waals surface area (Å²) in [7, 11) is -3.86. The second kappa shape index (κ2) is 12.1. The lowest BCUT2D eigenvalue weighted by Gasteiger charge is -2.28. The number of carbonyl (C=O) groups excluding carboxylic acids is 1. The van der Waals surface area contributed by atoms with Gasteiger partial charge in [-0.3, -0.25) is 28.2 Å². The van der Waals surface area contributed by atoms with E-state index >= 15 is 0 Å². The third-order valence-corrected chi connectivity index (χ3v) is 8.13. The quantitative estimate of drug-likeness (QED) is 0.146. The molecule has 0 spiro atoms. The molecule has 1 aliphatic heterocycles. The van der Waals surface area contributed by atoms with E-state index in [1.807, 2.05) is 20.8 Å². The molecule has 0 radical (unpaired) electrons. The van der Waals surface area contributed by atoms with Crippen LogP contribution in [0.2, 0.25) is 0 Å². The Balaban J connectivity index is 2.12. The van der Waals surface area contributed by atoms with Crippen LogP contribution in [0.5, 0.6) is 0 Å². The Kier molecular flexibility index (Phi) is 10.2. The largest absolute Gasteiger partial charge is 0.406 e. The van der Waals surface area contributed by atoms with Crippen molar-refractivity contribution in [1.29, 1.82) is 0 Å². The summed E-state index contributed by atoms with van der Waals surface area (Å²) in [5.74, 6) is 0.285. The molecule has 15 heteroatoms. The van der Waals surface area contributed by atoms with Crippen LogP contribution in [0.4, 0.5) is 0 Å². The van der Waals surface area contributed by atoms with E-state index in [4.69, 9.17) is 19.3 Å². The molecule has 2 N–H and O–H groups in total. The summed E-state index contributed by atoms with van der Waals surface area (Å²) in [4.78, 5) is 41.1. The number of carbonyl (C=O) groups is 1. The first-order chi connectivity index (χ1) is 16.5. The molecule has 1 aromatic heterocycles. The molecule has 1 fully saturated rings. The van der Waals surface area contributed by atoms with Crippen LogP contribution in [0, 0.1) is 12.3 Å².